The van der Waals surface area contributed by atoms with E-state index >= 15 is 0 Å². The van der Waals surface area contributed by atoms with Gasteiger partial charge in [-0.15, -0.1) is 13.2 Å². The third-order valence-corrected chi connectivity index (χ3v) is 2.62. The van der Waals surface area contributed by atoms with Crippen molar-refractivity contribution in [3.8, 4) is 11.9 Å². The third-order valence-electron chi connectivity index (χ3n) is 1.76. The molecule has 0 bridgehead atoms. The summed E-state index contributed by atoms with van der Waals surface area (Å²) in [7, 11) is 0. The summed E-state index contributed by atoms with van der Waals surface area (Å²) in [6, 6.07) is 2.36. The van der Waals surface area contributed by atoms with Crippen LogP contribution < -0.4 is 4.74 Å². The van der Waals surface area contributed by atoms with Gasteiger partial charge in [0, 0.05) is 5.56 Å². The van der Waals surface area contributed by atoms with Gasteiger partial charge in [0.25, 0.3) is 6.43 Å². The summed E-state index contributed by atoms with van der Waals surface area (Å²) in [5.74, 6) is -0.877. The molecule has 0 atom stereocenters. The smallest absolute Gasteiger partial charge is 0.388 e. The highest BCUT2D eigenvalue weighted by atomic mass is 127. The Hall–Kier alpha value is -1.18. The van der Waals surface area contributed by atoms with E-state index in [2.05, 4.69) is 9.72 Å². The molecule has 0 aliphatic rings. The average molecular weight is 378 g/mol. The lowest BCUT2D eigenvalue weighted by Crippen LogP contribution is -2.19. The van der Waals surface area contributed by atoms with E-state index in [1.54, 1.807) is 6.07 Å². The zero-order chi connectivity index (χ0) is 13.9. The number of pyridine rings is 1. The molecular weight excluding hydrogens is 374 g/mol. The predicted molar refractivity (Wildman–Crippen MR) is 57.9 cm³/mol. The lowest BCUT2D eigenvalue weighted by atomic mass is 10.1. The number of alkyl halides is 5. The van der Waals surface area contributed by atoms with Crippen LogP contribution >= 0.6 is 22.6 Å². The van der Waals surface area contributed by atoms with E-state index in [4.69, 9.17) is 5.26 Å². The molecule has 1 aromatic rings. The SMILES string of the molecule is N#CCc1cc(C(F)F)c(I)nc1OC(F)(F)F. The number of nitrogens with zero attached hydrogens (tertiary/aromatic N) is 2. The summed E-state index contributed by atoms with van der Waals surface area (Å²) >= 11 is 1.38. The Labute approximate surface area is 112 Å². The number of aromatic nitrogens is 1. The van der Waals surface area contributed by atoms with Crippen LogP contribution in [0.2, 0.25) is 0 Å². The second-order valence-electron chi connectivity index (χ2n) is 3.02. The summed E-state index contributed by atoms with van der Waals surface area (Å²) in [5.41, 5.74) is -0.860. The van der Waals surface area contributed by atoms with E-state index in [1.807, 2.05) is 0 Å². The van der Waals surface area contributed by atoms with Crippen LogP contribution in [0.25, 0.3) is 0 Å². The van der Waals surface area contributed by atoms with Crippen molar-refractivity contribution in [3.63, 3.8) is 0 Å². The Morgan fingerprint density at radius 2 is 2.06 bits per heavy atom. The van der Waals surface area contributed by atoms with Gasteiger partial charge in [-0.2, -0.15) is 5.26 Å². The summed E-state index contributed by atoms with van der Waals surface area (Å²) in [5, 5.41) is 8.44. The first-order valence-electron chi connectivity index (χ1n) is 4.34. The Morgan fingerprint density at radius 1 is 1.44 bits per heavy atom. The van der Waals surface area contributed by atoms with Crippen molar-refractivity contribution in [2.75, 3.05) is 0 Å². The van der Waals surface area contributed by atoms with Crippen LogP contribution in [0.3, 0.4) is 0 Å². The highest BCUT2D eigenvalue weighted by Crippen LogP contribution is 2.31. The monoisotopic (exact) mass is 378 g/mol. The fraction of sp³-hybridized carbons (Fsp3) is 0.333. The molecule has 1 aromatic heterocycles. The number of ether oxygens (including phenoxy) is 1. The first kappa shape index (κ1) is 14.9. The summed E-state index contributed by atoms with van der Waals surface area (Å²) in [6.07, 6.45) is -8.39. The first-order valence-corrected chi connectivity index (χ1v) is 5.42. The minimum atomic E-state index is -4.99. The van der Waals surface area contributed by atoms with Gasteiger partial charge >= 0.3 is 6.36 Å². The van der Waals surface area contributed by atoms with Crippen LogP contribution in [0, 0.1) is 15.0 Å². The topological polar surface area (TPSA) is 45.9 Å². The maximum Gasteiger partial charge on any atom is 0.574 e. The first-order chi connectivity index (χ1) is 8.24. The van der Waals surface area contributed by atoms with E-state index in [-0.39, 0.29) is 9.26 Å². The average Bonchev–Trinajstić information content (AvgIpc) is 2.19. The van der Waals surface area contributed by atoms with Gasteiger partial charge < -0.3 is 4.74 Å². The lowest BCUT2D eigenvalue weighted by Gasteiger charge is -2.13. The van der Waals surface area contributed by atoms with Crippen LogP contribution in [0.4, 0.5) is 22.0 Å². The van der Waals surface area contributed by atoms with Crippen molar-refractivity contribution in [3.05, 3.63) is 20.9 Å². The van der Waals surface area contributed by atoms with Crippen molar-refractivity contribution < 1.29 is 26.7 Å². The van der Waals surface area contributed by atoms with Gasteiger partial charge in [-0.3, -0.25) is 0 Å². The maximum atomic E-state index is 12.5. The molecule has 0 spiro atoms. The number of rotatable bonds is 3. The van der Waals surface area contributed by atoms with Gasteiger partial charge in [-0.25, -0.2) is 13.8 Å². The minimum Gasteiger partial charge on any atom is -0.388 e. The highest BCUT2D eigenvalue weighted by Gasteiger charge is 2.33. The fourth-order valence-corrected chi connectivity index (χ4v) is 1.71. The van der Waals surface area contributed by atoms with Crippen LogP contribution in [-0.4, -0.2) is 11.3 Å². The van der Waals surface area contributed by atoms with Gasteiger partial charge in [0.15, 0.2) is 0 Å². The quantitative estimate of drug-likeness (QED) is 0.459. The Bertz CT molecular complexity index is 483. The van der Waals surface area contributed by atoms with Crippen molar-refractivity contribution in [2.45, 2.75) is 19.2 Å². The zero-order valence-corrected chi connectivity index (χ0v) is 10.6. The second kappa shape index (κ2) is 5.64. The summed E-state index contributed by atoms with van der Waals surface area (Å²) in [4.78, 5) is 3.31. The van der Waals surface area contributed by atoms with E-state index in [0.29, 0.717) is 0 Å². The van der Waals surface area contributed by atoms with Crippen LogP contribution in [0.1, 0.15) is 17.6 Å². The predicted octanol–water partition coefficient (Wildman–Crippen LogP) is 3.59. The Balaban J connectivity index is 3.25. The zero-order valence-electron chi connectivity index (χ0n) is 8.43. The normalized spacial score (nSPS) is 11.4. The molecule has 0 amide bonds. The van der Waals surface area contributed by atoms with E-state index < -0.39 is 30.7 Å². The van der Waals surface area contributed by atoms with Crippen LogP contribution in [0.15, 0.2) is 6.07 Å². The van der Waals surface area contributed by atoms with Gasteiger partial charge in [0.1, 0.15) is 3.70 Å². The molecule has 0 N–H and O–H groups in total. The van der Waals surface area contributed by atoms with Crippen molar-refractivity contribution in [1.29, 1.82) is 5.26 Å². The molecule has 0 unspecified atom stereocenters. The minimum absolute atomic E-state index is 0.302. The largest absolute Gasteiger partial charge is 0.574 e. The Morgan fingerprint density at radius 3 is 2.50 bits per heavy atom. The molecular formula is C9H4F5IN2O. The van der Waals surface area contributed by atoms with Gasteiger partial charge in [0.2, 0.25) is 5.88 Å². The lowest BCUT2D eigenvalue weighted by molar-refractivity contribution is -0.276. The van der Waals surface area contributed by atoms with E-state index in [0.717, 1.165) is 6.07 Å². The molecule has 0 aliphatic carbocycles. The van der Waals surface area contributed by atoms with E-state index in [1.165, 1.54) is 22.6 Å². The molecule has 0 fully saturated rings. The highest BCUT2D eigenvalue weighted by molar-refractivity contribution is 14.1. The molecule has 0 radical (unpaired) electrons. The molecule has 9 heteroatoms. The second-order valence-corrected chi connectivity index (χ2v) is 4.04. The molecule has 0 aliphatic heterocycles. The molecule has 0 saturated carbocycles. The molecule has 3 nitrogen and oxygen atoms in total. The summed E-state index contributed by atoms with van der Waals surface area (Å²) in [6.45, 7) is 0. The molecule has 1 heterocycles. The summed E-state index contributed by atoms with van der Waals surface area (Å²) < 4.78 is 64.5. The molecule has 18 heavy (non-hydrogen) atoms. The van der Waals surface area contributed by atoms with Crippen molar-refractivity contribution in [2.24, 2.45) is 0 Å². The molecule has 98 valence electrons. The van der Waals surface area contributed by atoms with Crippen LogP contribution in [-0.2, 0) is 6.42 Å². The molecule has 0 saturated heterocycles. The van der Waals surface area contributed by atoms with Crippen molar-refractivity contribution in [1.82, 2.24) is 4.98 Å². The number of hydrogen-bond acceptors (Lipinski definition) is 3. The third kappa shape index (κ3) is 3.94. The van der Waals surface area contributed by atoms with Crippen molar-refractivity contribution >= 4 is 22.6 Å². The molecule has 0 aromatic carbocycles. The van der Waals surface area contributed by atoms with Crippen LogP contribution in [0.5, 0.6) is 5.88 Å². The number of halogens is 6. The van der Waals surface area contributed by atoms with Gasteiger partial charge in [-0.05, 0) is 28.7 Å². The van der Waals surface area contributed by atoms with Gasteiger partial charge in [0.05, 0.1) is 18.1 Å². The number of hydrogen-bond donors (Lipinski definition) is 0. The molecule has 1 rings (SSSR count). The standard InChI is InChI=1S/C9H4F5IN2O/c10-6(11)5-3-4(1-2-16)8(17-7(5)15)18-9(12,13)14/h3,6H,1H2. The maximum absolute atomic E-state index is 12.5. The van der Waals surface area contributed by atoms with E-state index in [9.17, 15) is 22.0 Å². The van der Waals surface area contributed by atoms with Gasteiger partial charge in [-0.1, -0.05) is 0 Å². The Kier molecular flexibility index (Phi) is 4.66. The fourth-order valence-electron chi connectivity index (χ4n) is 1.10. The number of nitriles is 1.